The lowest BCUT2D eigenvalue weighted by Crippen LogP contribution is -2.28. The van der Waals surface area contributed by atoms with Gasteiger partial charge in [-0.3, -0.25) is 4.79 Å². The number of amides is 1. The highest BCUT2D eigenvalue weighted by atomic mass is 79.9. The van der Waals surface area contributed by atoms with Crippen molar-refractivity contribution < 1.29 is 4.79 Å². The Bertz CT molecular complexity index is 525. The minimum atomic E-state index is -0.157. The number of benzene rings is 1. The third-order valence-electron chi connectivity index (χ3n) is 2.90. The molecule has 92 valence electrons. The van der Waals surface area contributed by atoms with E-state index in [1.807, 2.05) is 30.3 Å². The normalized spacial score (nSPS) is 15.6. The molecule has 1 fully saturated rings. The third-order valence-corrected chi connectivity index (χ3v) is 3.40. The fourth-order valence-corrected chi connectivity index (χ4v) is 2.41. The van der Waals surface area contributed by atoms with Crippen LogP contribution in [0, 0.1) is 11.3 Å². The molecule has 0 N–H and O–H groups in total. The van der Waals surface area contributed by atoms with Gasteiger partial charge in [-0.25, -0.2) is 0 Å². The van der Waals surface area contributed by atoms with E-state index in [0.29, 0.717) is 0 Å². The maximum absolute atomic E-state index is 12.1. The van der Waals surface area contributed by atoms with Crippen LogP contribution in [-0.4, -0.2) is 23.9 Å². The number of nitriles is 1. The monoisotopic (exact) mass is 304 g/mol. The van der Waals surface area contributed by atoms with Crippen molar-refractivity contribution in [3.8, 4) is 6.07 Å². The van der Waals surface area contributed by atoms with E-state index in [9.17, 15) is 4.79 Å². The summed E-state index contributed by atoms with van der Waals surface area (Å²) in [5.41, 5.74) is 1.06. The van der Waals surface area contributed by atoms with E-state index in [-0.39, 0.29) is 11.5 Å². The number of hydrogen-bond donors (Lipinski definition) is 0. The van der Waals surface area contributed by atoms with Crippen molar-refractivity contribution >= 4 is 27.9 Å². The number of hydrogen-bond acceptors (Lipinski definition) is 2. The van der Waals surface area contributed by atoms with E-state index in [2.05, 4.69) is 15.9 Å². The molecule has 0 aliphatic carbocycles. The van der Waals surface area contributed by atoms with Gasteiger partial charge in [-0.15, -0.1) is 0 Å². The van der Waals surface area contributed by atoms with Crippen molar-refractivity contribution in [3.05, 3.63) is 39.9 Å². The first-order valence-corrected chi connectivity index (χ1v) is 6.66. The molecule has 0 bridgehead atoms. The van der Waals surface area contributed by atoms with Crippen LogP contribution in [0.25, 0.3) is 6.08 Å². The minimum Gasteiger partial charge on any atom is -0.338 e. The number of halogens is 1. The van der Waals surface area contributed by atoms with E-state index < -0.39 is 0 Å². The summed E-state index contributed by atoms with van der Waals surface area (Å²) in [6.07, 6.45) is 3.70. The fraction of sp³-hybridized carbons (Fsp3) is 0.286. The molecule has 1 aromatic carbocycles. The van der Waals surface area contributed by atoms with Gasteiger partial charge >= 0.3 is 0 Å². The van der Waals surface area contributed by atoms with Crippen LogP contribution in [0.3, 0.4) is 0 Å². The zero-order valence-corrected chi connectivity index (χ0v) is 11.5. The molecule has 4 heteroatoms. The molecule has 1 aliphatic rings. The Balaban J connectivity index is 2.23. The van der Waals surface area contributed by atoms with Crippen LogP contribution in [0.4, 0.5) is 0 Å². The SMILES string of the molecule is N#C/C(=C/c1cccc(Br)c1)C(=O)N1CCCC1. The smallest absolute Gasteiger partial charge is 0.264 e. The first-order chi connectivity index (χ1) is 8.70. The summed E-state index contributed by atoms with van der Waals surface area (Å²) in [5, 5.41) is 9.11. The summed E-state index contributed by atoms with van der Waals surface area (Å²) >= 11 is 3.37. The molecule has 0 atom stereocenters. The molecular formula is C14H13BrN2O. The Morgan fingerprint density at radius 2 is 2.11 bits per heavy atom. The first-order valence-electron chi connectivity index (χ1n) is 5.87. The molecule has 0 saturated carbocycles. The molecule has 1 aliphatic heterocycles. The van der Waals surface area contributed by atoms with Gasteiger partial charge < -0.3 is 4.90 Å². The lowest BCUT2D eigenvalue weighted by Gasteiger charge is -2.14. The van der Waals surface area contributed by atoms with Gasteiger partial charge in [0.25, 0.3) is 5.91 Å². The summed E-state index contributed by atoms with van der Waals surface area (Å²) in [5.74, 6) is -0.157. The Kier molecular flexibility index (Phi) is 4.16. The average Bonchev–Trinajstić information content (AvgIpc) is 2.89. The van der Waals surface area contributed by atoms with Gasteiger partial charge in [0, 0.05) is 17.6 Å². The van der Waals surface area contributed by atoms with Gasteiger partial charge in [-0.2, -0.15) is 5.26 Å². The van der Waals surface area contributed by atoms with Gasteiger partial charge in [0.2, 0.25) is 0 Å². The summed E-state index contributed by atoms with van der Waals surface area (Å²) < 4.78 is 0.933. The molecule has 0 spiro atoms. The Morgan fingerprint density at radius 3 is 2.72 bits per heavy atom. The van der Waals surface area contributed by atoms with Gasteiger partial charge in [0.05, 0.1) is 0 Å². The molecule has 1 amide bonds. The molecule has 0 aromatic heterocycles. The van der Waals surface area contributed by atoms with Gasteiger partial charge in [0.15, 0.2) is 0 Å². The second-order valence-electron chi connectivity index (χ2n) is 4.22. The molecule has 0 unspecified atom stereocenters. The summed E-state index contributed by atoms with van der Waals surface area (Å²) in [7, 11) is 0. The van der Waals surface area contributed by atoms with Crippen molar-refractivity contribution in [1.29, 1.82) is 5.26 Å². The van der Waals surface area contributed by atoms with Crippen molar-refractivity contribution in [1.82, 2.24) is 4.90 Å². The molecule has 1 saturated heterocycles. The standard InChI is InChI=1S/C14H13BrN2O/c15-13-5-3-4-11(9-13)8-12(10-16)14(18)17-6-1-2-7-17/h3-5,8-9H,1-2,6-7H2/b12-8-. The first kappa shape index (κ1) is 12.8. The van der Waals surface area contributed by atoms with Gasteiger partial charge in [0.1, 0.15) is 11.6 Å². The van der Waals surface area contributed by atoms with Crippen LogP contribution in [-0.2, 0) is 4.79 Å². The Hall–Kier alpha value is -1.60. The number of carbonyl (C=O) groups is 1. The predicted octanol–water partition coefficient (Wildman–Crippen LogP) is 2.98. The molecule has 0 radical (unpaired) electrons. The zero-order valence-electron chi connectivity index (χ0n) is 9.90. The van der Waals surface area contributed by atoms with Crippen molar-refractivity contribution in [3.63, 3.8) is 0 Å². The van der Waals surface area contributed by atoms with Gasteiger partial charge in [-0.1, -0.05) is 28.1 Å². The predicted molar refractivity (Wildman–Crippen MR) is 73.5 cm³/mol. The topological polar surface area (TPSA) is 44.1 Å². The third kappa shape index (κ3) is 2.99. The number of nitrogens with zero attached hydrogens (tertiary/aromatic N) is 2. The minimum absolute atomic E-state index is 0.157. The van der Waals surface area contributed by atoms with Crippen LogP contribution in [0.2, 0.25) is 0 Å². The fourth-order valence-electron chi connectivity index (χ4n) is 2.00. The van der Waals surface area contributed by atoms with Crippen LogP contribution in [0.5, 0.6) is 0 Å². The lowest BCUT2D eigenvalue weighted by molar-refractivity contribution is -0.125. The van der Waals surface area contributed by atoms with Crippen LogP contribution in [0.1, 0.15) is 18.4 Å². The average molecular weight is 305 g/mol. The molecule has 18 heavy (non-hydrogen) atoms. The molecule has 1 aromatic rings. The zero-order chi connectivity index (χ0) is 13.0. The number of rotatable bonds is 2. The van der Waals surface area contributed by atoms with Crippen molar-refractivity contribution in [2.75, 3.05) is 13.1 Å². The summed E-state index contributed by atoms with van der Waals surface area (Å²) in [6.45, 7) is 1.52. The second-order valence-corrected chi connectivity index (χ2v) is 5.14. The maximum atomic E-state index is 12.1. The van der Waals surface area contributed by atoms with Crippen LogP contribution in [0.15, 0.2) is 34.3 Å². The molecule has 3 nitrogen and oxygen atoms in total. The number of likely N-dealkylation sites (tertiary alicyclic amines) is 1. The highest BCUT2D eigenvalue weighted by molar-refractivity contribution is 9.10. The highest BCUT2D eigenvalue weighted by Gasteiger charge is 2.21. The summed E-state index contributed by atoms with van der Waals surface area (Å²) in [4.78, 5) is 13.8. The van der Waals surface area contributed by atoms with Crippen molar-refractivity contribution in [2.24, 2.45) is 0 Å². The van der Waals surface area contributed by atoms with Crippen LogP contribution < -0.4 is 0 Å². The second kappa shape index (κ2) is 5.83. The van der Waals surface area contributed by atoms with E-state index >= 15 is 0 Å². The van der Waals surface area contributed by atoms with E-state index in [1.54, 1.807) is 11.0 Å². The van der Waals surface area contributed by atoms with Crippen LogP contribution >= 0.6 is 15.9 Å². The van der Waals surface area contributed by atoms with Gasteiger partial charge in [-0.05, 0) is 36.6 Å². The van der Waals surface area contributed by atoms with Crippen molar-refractivity contribution in [2.45, 2.75) is 12.8 Å². The molecule has 2 rings (SSSR count). The Labute approximate surface area is 115 Å². The highest BCUT2D eigenvalue weighted by Crippen LogP contribution is 2.17. The number of carbonyl (C=O) groups excluding carboxylic acids is 1. The summed E-state index contributed by atoms with van der Waals surface area (Å²) in [6, 6.07) is 9.55. The lowest BCUT2D eigenvalue weighted by atomic mass is 10.1. The molecular weight excluding hydrogens is 292 g/mol. The Morgan fingerprint density at radius 1 is 1.39 bits per heavy atom. The molecule has 1 heterocycles. The van der Waals surface area contributed by atoms with E-state index in [0.717, 1.165) is 36.0 Å². The van der Waals surface area contributed by atoms with E-state index in [1.165, 1.54) is 0 Å². The van der Waals surface area contributed by atoms with E-state index in [4.69, 9.17) is 5.26 Å². The maximum Gasteiger partial charge on any atom is 0.264 e. The quantitative estimate of drug-likeness (QED) is 0.623. The largest absolute Gasteiger partial charge is 0.338 e.